The van der Waals surface area contributed by atoms with Gasteiger partial charge in [-0.3, -0.25) is 0 Å². The van der Waals surface area contributed by atoms with Crippen LogP contribution in [0.25, 0.3) is 11.3 Å². The van der Waals surface area contributed by atoms with Gasteiger partial charge in [0.05, 0.1) is 26.0 Å². The Kier molecular flexibility index (Phi) is 3.30. The molecule has 17 heavy (non-hydrogen) atoms. The summed E-state index contributed by atoms with van der Waals surface area (Å²) in [6.45, 7) is 0.401. The number of ether oxygens (including phenoxy) is 1. The highest BCUT2D eigenvalue weighted by Crippen LogP contribution is 2.29. The van der Waals surface area contributed by atoms with E-state index in [2.05, 4.69) is 5.10 Å². The fourth-order valence-electron chi connectivity index (χ4n) is 1.69. The minimum absolute atomic E-state index is 0.0112. The number of nitrogens with two attached hydrogens (primary N) is 1. The number of aliphatic hydroxyl groups excluding tert-OH is 1. The average Bonchev–Trinajstić information content (AvgIpc) is 2.71. The first kappa shape index (κ1) is 11.5. The van der Waals surface area contributed by atoms with E-state index in [1.54, 1.807) is 17.9 Å². The first-order valence-electron chi connectivity index (χ1n) is 5.34. The monoisotopic (exact) mass is 233 g/mol. The second-order valence-electron chi connectivity index (χ2n) is 3.60. The topological polar surface area (TPSA) is 73.3 Å². The van der Waals surface area contributed by atoms with Crippen molar-refractivity contribution in [2.75, 3.05) is 19.5 Å². The highest BCUT2D eigenvalue weighted by molar-refractivity contribution is 5.69. The highest BCUT2D eigenvalue weighted by atomic mass is 16.5. The van der Waals surface area contributed by atoms with Crippen LogP contribution >= 0.6 is 0 Å². The van der Waals surface area contributed by atoms with Crippen LogP contribution in [0.4, 0.5) is 5.82 Å². The zero-order valence-electron chi connectivity index (χ0n) is 9.63. The number of nitrogen functional groups attached to an aromatic ring is 1. The molecule has 0 radical (unpaired) electrons. The van der Waals surface area contributed by atoms with Gasteiger partial charge in [0.1, 0.15) is 11.6 Å². The number of para-hydroxylation sites is 1. The standard InChI is InChI=1S/C12H15N3O2/c1-17-11-5-3-2-4-9(11)10-8-12(13)15(14-10)6-7-16/h2-5,8,16H,6-7,13H2,1H3. The lowest BCUT2D eigenvalue weighted by atomic mass is 10.1. The smallest absolute Gasteiger partial charge is 0.128 e. The molecule has 1 aromatic carbocycles. The van der Waals surface area contributed by atoms with E-state index in [1.807, 2.05) is 24.3 Å². The fraction of sp³-hybridized carbons (Fsp3) is 0.250. The van der Waals surface area contributed by atoms with Gasteiger partial charge >= 0.3 is 0 Å². The third-order valence-electron chi connectivity index (χ3n) is 2.51. The van der Waals surface area contributed by atoms with Crippen LogP contribution in [0.5, 0.6) is 5.75 Å². The molecule has 0 amide bonds. The van der Waals surface area contributed by atoms with Gasteiger partial charge in [-0.15, -0.1) is 0 Å². The second kappa shape index (κ2) is 4.88. The van der Waals surface area contributed by atoms with E-state index in [0.717, 1.165) is 17.0 Å². The molecule has 0 fully saturated rings. The van der Waals surface area contributed by atoms with Crippen LogP contribution in [0.15, 0.2) is 30.3 Å². The van der Waals surface area contributed by atoms with Crippen LogP contribution in [0.1, 0.15) is 0 Å². The molecule has 2 rings (SSSR count). The maximum absolute atomic E-state index is 8.88. The first-order chi connectivity index (χ1) is 8.26. The third kappa shape index (κ3) is 2.24. The minimum atomic E-state index is 0.0112. The summed E-state index contributed by atoms with van der Waals surface area (Å²) >= 11 is 0. The number of methoxy groups -OCH3 is 1. The molecule has 0 unspecified atom stereocenters. The van der Waals surface area contributed by atoms with E-state index in [9.17, 15) is 0 Å². The van der Waals surface area contributed by atoms with Gasteiger partial charge in [0.15, 0.2) is 0 Å². The van der Waals surface area contributed by atoms with Gasteiger partial charge in [-0.25, -0.2) is 4.68 Å². The zero-order valence-corrected chi connectivity index (χ0v) is 9.63. The third-order valence-corrected chi connectivity index (χ3v) is 2.51. The van der Waals surface area contributed by atoms with Crippen molar-refractivity contribution in [2.24, 2.45) is 0 Å². The number of aliphatic hydroxyl groups is 1. The molecule has 0 aliphatic rings. The van der Waals surface area contributed by atoms with Crippen molar-refractivity contribution in [3.8, 4) is 17.0 Å². The molecule has 0 saturated carbocycles. The Hall–Kier alpha value is -2.01. The Balaban J connectivity index is 2.42. The Bertz CT molecular complexity index is 508. The minimum Gasteiger partial charge on any atom is -0.496 e. The van der Waals surface area contributed by atoms with Gasteiger partial charge in [0.25, 0.3) is 0 Å². The zero-order chi connectivity index (χ0) is 12.3. The lowest BCUT2D eigenvalue weighted by Gasteiger charge is -2.04. The van der Waals surface area contributed by atoms with Crippen molar-refractivity contribution < 1.29 is 9.84 Å². The van der Waals surface area contributed by atoms with Crippen molar-refractivity contribution in [3.05, 3.63) is 30.3 Å². The predicted octanol–water partition coefficient (Wildman–Crippen LogP) is 1.13. The Labute approximate surface area is 99.4 Å². The molecule has 0 atom stereocenters. The molecule has 5 heteroatoms. The number of hydrogen-bond acceptors (Lipinski definition) is 4. The van der Waals surface area contributed by atoms with Crippen molar-refractivity contribution in [2.45, 2.75) is 6.54 Å². The molecule has 5 nitrogen and oxygen atoms in total. The SMILES string of the molecule is COc1ccccc1-c1cc(N)n(CCO)n1. The molecular weight excluding hydrogens is 218 g/mol. The number of anilines is 1. The van der Waals surface area contributed by atoms with Gasteiger partial charge in [-0.2, -0.15) is 5.10 Å². The van der Waals surface area contributed by atoms with Crippen LogP contribution in [0.3, 0.4) is 0 Å². The van der Waals surface area contributed by atoms with E-state index in [4.69, 9.17) is 15.6 Å². The molecule has 0 aliphatic carbocycles. The van der Waals surface area contributed by atoms with Crippen LogP contribution in [-0.2, 0) is 6.54 Å². The lowest BCUT2D eigenvalue weighted by Crippen LogP contribution is -2.07. The van der Waals surface area contributed by atoms with E-state index in [0.29, 0.717) is 12.4 Å². The fourth-order valence-corrected chi connectivity index (χ4v) is 1.69. The maximum Gasteiger partial charge on any atom is 0.128 e. The van der Waals surface area contributed by atoms with Crippen molar-refractivity contribution in [1.82, 2.24) is 9.78 Å². The van der Waals surface area contributed by atoms with Crippen molar-refractivity contribution in [3.63, 3.8) is 0 Å². The molecule has 0 saturated heterocycles. The Morgan fingerprint density at radius 3 is 2.88 bits per heavy atom. The lowest BCUT2D eigenvalue weighted by molar-refractivity contribution is 0.270. The van der Waals surface area contributed by atoms with Crippen LogP contribution in [0, 0.1) is 0 Å². The summed E-state index contributed by atoms with van der Waals surface area (Å²) in [5.41, 5.74) is 7.44. The van der Waals surface area contributed by atoms with E-state index in [-0.39, 0.29) is 6.61 Å². The van der Waals surface area contributed by atoms with Gasteiger partial charge in [-0.1, -0.05) is 12.1 Å². The van der Waals surface area contributed by atoms with Crippen LogP contribution < -0.4 is 10.5 Å². The maximum atomic E-state index is 8.88. The molecule has 1 aromatic heterocycles. The van der Waals surface area contributed by atoms with Crippen molar-refractivity contribution in [1.29, 1.82) is 0 Å². The molecule has 0 bridgehead atoms. The number of hydrogen-bond donors (Lipinski definition) is 2. The van der Waals surface area contributed by atoms with E-state index in [1.165, 1.54) is 0 Å². The molecule has 1 heterocycles. The number of nitrogens with zero attached hydrogens (tertiary/aromatic N) is 2. The summed E-state index contributed by atoms with van der Waals surface area (Å²) in [6, 6.07) is 9.38. The summed E-state index contributed by atoms with van der Waals surface area (Å²) in [4.78, 5) is 0. The van der Waals surface area contributed by atoms with E-state index < -0.39 is 0 Å². The number of aromatic nitrogens is 2. The molecular formula is C12H15N3O2. The molecule has 2 aromatic rings. The second-order valence-corrected chi connectivity index (χ2v) is 3.60. The predicted molar refractivity (Wildman–Crippen MR) is 65.7 cm³/mol. The summed E-state index contributed by atoms with van der Waals surface area (Å²) in [5, 5.41) is 13.2. The highest BCUT2D eigenvalue weighted by Gasteiger charge is 2.10. The first-order valence-corrected chi connectivity index (χ1v) is 5.34. The van der Waals surface area contributed by atoms with Crippen LogP contribution in [-0.4, -0.2) is 28.6 Å². The van der Waals surface area contributed by atoms with Crippen LogP contribution in [0.2, 0.25) is 0 Å². The normalized spacial score (nSPS) is 10.5. The largest absolute Gasteiger partial charge is 0.496 e. The van der Waals surface area contributed by atoms with E-state index >= 15 is 0 Å². The summed E-state index contributed by atoms with van der Waals surface area (Å²) in [7, 11) is 1.62. The average molecular weight is 233 g/mol. The Morgan fingerprint density at radius 1 is 1.41 bits per heavy atom. The quantitative estimate of drug-likeness (QED) is 0.830. The van der Waals surface area contributed by atoms with Gasteiger partial charge in [0.2, 0.25) is 0 Å². The summed E-state index contributed by atoms with van der Waals surface area (Å²) in [6.07, 6.45) is 0. The number of benzene rings is 1. The molecule has 0 spiro atoms. The molecule has 0 aliphatic heterocycles. The summed E-state index contributed by atoms with van der Waals surface area (Å²) in [5.74, 6) is 1.28. The molecule has 90 valence electrons. The molecule has 3 N–H and O–H groups in total. The Morgan fingerprint density at radius 2 is 2.18 bits per heavy atom. The van der Waals surface area contributed by atoms with Gasteiger partial charge < -0.3 is 15.6 Å². The van der Waals surface area contributed by atoms with Gasteiger partial charge in [0, 0.05) is 11.6 Å². The summed E-state index contributed by atoms with van der Waals surface area (Å²) < 4.78 is 6.84. The van der Waals surface area contributed by atoms with Crippen molar-refractivity contribution >= 4 is 5.82 Å². The van der Waals surface area contributed by atoms with Gasteiger partial charge in [-0.05, 0) is 12.1 Å². The number of rotatable bonds is 4.